The van der Waals surface area contributed by atoms with Gasteiger partial charge >= 0.3 is 0 Å². The number of piperidine rings is 2. The molecule has 0 radical (unpaired) electrons. The second kappa shape index (κ2) is 13.5. The van der Waals surface area contributed by atoms with Crippen molar-refractivity contribution in [1.29, 1.82) is 0 Å². The number of thiophene rings is 1. The monoisotopic (exact) mass is 671 g/mol. The van der Waals surface area contributed by atoms with E-state index in [9.17, 15) is 4.39 Å². The van der Waals surface area contributed by atoms with E-state index in [2.05, 4.69) is 36.0 Å². The van der Waals surface area contributed by atoms with E-state index in [-0.39, 0.29) is 12.4 Å². The molecule has 47 heavy (non-hydrogen) atoms. The number of hydrogen-bond donors (Lipinski definition) is 1. The van der Waals surface area contributed by atoms with E-state index in [0.29, 0.717) is 10.8 Å². The van der Waals surface area contributed by atoms with Crippen LogP contribution < -0.4 is 10.1 Å². The first-order valence-electron chi connectivity index (χ1n) is 16.8. The Morgan fingerprint density at radius 1 is 0.979 bits per heavy atom. The van der Waals surface area contributed by atoms with Crippen molar-refractivity contribution in [3.05, 3.63) is 82.6 Å². The van der Waals surface area contributed by atoms with E-state index < -0.39 is 0 Å². The van der Waals surface area contributed by atoms with Crippen LogP contribution in [0.4, 0.5) is 15.9 Å². The molecule has 5 heterocycles. The lowest BCUT2D eigenvalue weighted by atomic mass is 9.95. The number of likely N-dealkylation sites (tertiary alicyclic amines) is 2. The summed E-state index contributed by atoms with van der Waals surface area (Å²) in [6.07, 6.45) is 12.4. The summed E-state index contributed by atoms with van der Waals surface area (Å²) in [6.45, 7) is 7.15. The van der Waals surface area contributed by atoms with Crippen molar-refractivity contribution in [2.24, 2.45) is 0 Å². The predicted molar refractivity (Wildman–Crippen MR) is 186 cm³/mol. The molecule has 0 unspecified atom stereocenters. The van der Waals surface area contributed by atoms with Crippen LogP contribution in [0.5, 0.6) is 5.75 Å². The Kier molecular flexibility index (Phi) is 8.84. The van der Waals surface area contributed by atoms with Crippen LogP contribution in [0.2, 0.25) is 5.02 Å². The Hall–Kier alpha value is -3.57. The molecule has 0 saturated carbocycles. The molecule has 244 valence electrons. The van der Waals surface area contributed by atoms with Crippen LogP contribution in [0, 0.1) is 5.82 Å². The normalized spacial score (nSPS) is 17.5. The summed E-state index contributed by atoms with van der Waals surface area (Å²) in [5.41, 5.74) is 5.23. The number of hydrogen-bond acceptors (Lipinski definition) is 8. The van der Waals surface area contributed by atoms with Crippen molar-refractivity contribution in [2.75, 3.05) is 38.0 Å². The largest absolute Gasteiger partial charge is 0.487 e. The van der Waals surface area contributed by atoms with Crippen molar-refractivity contribution in [1.82, 2.24) is 29.5 Å². The molecule has 0 spiro atoms. The molecule has 3 aliphatic rings. The van der Waals surface area contributed by atoms with E-state index in [1.807, 2.05) is 24.3 Å². The Morgan fingerprint density at radius 3 is 2.68 bits per heavy atom. The minimum Gasteiger partial charge on any atom is -0.487 e. The fourth-order valence-corrected chi connectivity index (χ4v) is 8.85. The van der Waals surface area contributed by atoms with Crippen molar-refractivity contribution in [3.8, 4) is 16.2 Å². The molecular weight excluding hydrogens is 633 g/mol. The summed E-state index contributed by atoms with van der Waals surface area (Å²) in [4.78, 5) is 16.9. The number of anilines is 2. The van der Waals surface area contributed by atoms with Crippen LogP contribution in [0.25, 0.3) is 20.7 Å². The zero-order chi connectivity index (χ0) is 31.7. The zero-order valence-electron chi connectivity index (χ0n) is 26.4. The number of benzene rings is 2. The third-order valence-electron chi connectivity index (χ3n) is 9.87. The first-order chi connectivity index (χ1) is 23.1. The zero-order valence-corrected chi connectivity index (χ0v) is 28.0. The van der Waals surface area contributed by atoms with Crippen LogP contribution in [0.15, 0.2) is 55.0 Å². The fourth-order valence-electron chi connectivity index (χ4n) is 7.39. The lowest BCUT2D eigenvalue weighted by Gasteiger charge is -2.40. The third-order valence-corrected chi connectivity index (χ3v) is 11.3. The number of nitrogens with one attached hydrogen (secondary N) is 1. The van der Waals surface area contributed by atoms with Crippen LogP contribution in [0.3, 0.4) is 0 Å². The average Bonchev–Trinajstić information content (AvgIpc) is 3.70. The van der Waals surface area contributed by atoms with Crippen LogP contribution >= 0.6 is 22.9 Å². The van der Waals surface area contributed by atoms with Gasteiger partial charge in [-0.25, -0.2) is 14.4 Å². The van der Waals surface area contributed by atoms with E-state index in [4.69, 9.17) is 21.4 Å². The number of rotatable bonds is 9. The third kappa shape index (κ3) is 6.61. The van der Waals surface area contributed by atoms with Gasteiger partial charge in [-0.05, 0) is 106 Å². The Morgan fingerprint density at radius 2 is 1.85 bits per heavy atom. The first kappa shape index (κ1) is 30.7. The predicted octanol–water partition coefficient (Wildman–Crippen LogP) is 7.72. The average molecular weight is 672 g/mol. The van der Waals surface area contributed by atoms with E-state index in [1.54, 1.807) is 23.7 Å². The van der Waals surface area contributed by atoms with Gasteiger partial charge in [-0.3, -0.25) is 4.68 Å². The molecule has 0 amide bonds. The quantitative estimate of drug-likeness (QED) is 0.172. The van der Waals surface area contributed by atoms with Gasteiger partial charge in [-0.2, -0.15) is 5.10 Å². The molecule has 8 nitrogen and oxygen atoms in total. The maximum absolute atomic E-state index is 13.5. The van der Waals surface area contributed by atoms with E-state index in [0.717, 1.165) is 59.3 Å². The Bertz CT molecular complexity index is 1880. The lowest BCUT2D eigenvalue weighted by molar-refractivity contribution is 0.0906. The lowest BCUT2D eigenvalue weighted by Crippen LogP contribution is -2.47. The highest BCUT2D eigenvalue weighted by molar-refractivity contribution is 7.22. The Labute approximate surface area is 283 Å². The topological polar surface area (TPSA) is 71.3 Å². The summed E-state index contributed by atoms with van der Waals surface area (Å²) in [5, 5.41) is 10.0. The molecule has 3 aromatic heterocycles. The number of aryl methyl sites for hydroxylation is 2. The van der Waals surface area contributed by atoms with Gasteiger partial charge in [0.2, 0.25) is 0 Å². The minimum atomic E-state index is -0.289. The molecule has 2 aromatic carbocycles. The highest BCUT2D eigenvalue weighted by atomic mass is 35.5. The molecule has 11 heteroatoms. The first-order valence-corrected chi connectivity index (χ1v) is 18.0. The molecule has 8 rings (SSSR count). The molecule has 0 bridgehead atoms. The SMILES string of the molecule is Fc1cccc(COc2ccc(Nc3ncnc4sc5c(c34)CCc3nn(CCN4CCC(N6CCCCC6)CC4)cc3-5)cc2Cl)c1. The molecule has 1 N–H and O–H groups in total. The molecule has 2 saturated heterocycles. The standard InChI is InChI=1S/C36H39ClFN7OS/c37-30-20-26(7-10-32(30)46-22-24-5-4-6-25(38)19-24)41-35-33-28-8-9-31-29(34(28)47-36(33)40-23-39-35)21-45(42-31)18-17-43-15-11-27(12-16-43)44-13-2-1-3-14-44/h4-7,10,19-21,23,27H,1-3,8-9,11-18,22H2,(H,39,40,41). The molecule has 2 fully saturated rings. The van der Waals surface area contributed by atoms with Crippen molar-refractivity contribution < 1.29 is 9.13 Å². The second-order valence-corrected chi connectivity index (χ2v) is 14.3. The molecule has 1 aliphatic carbocycles. The van der Waals surface area contributed by atoms with E-state index >= 15 is 0 Å². The minimum absolute atomic E-state index is 0.230. The molecule has 5 aromatic rings. The van der Waals surface area contributed by atoms with Gasteiger partial charge in [0.1, 0.15) is 35.1 Å². The van der Waals surface area contributed by atoms with Crippen LogP contribution in [0.1, 0.15) is 48.9 Å². The molecule has 0 atom stereocenters. The summed E-state index contributed by atoms with van der Waals surface area (Å²) < 4.78 is 21.6. The van der Waals surface area contributed by atoms with Gasteiger partial charge in [-0.15, -0.1) is 11.3 Å². The van der Waals surface area contributed by atoms with Gasteiger partial charge in [0.15, 0.2) is 0 Å². The maximum Gasteiger partial charge on any atom is 0.142 e. The summed E-state index contributed by atoms with van der Waals surface area (Å²) in [5.74, 6) is 1.01. The van der Waals surface area contributed by atoms with E-state index in [1.165, 1.54) is 92.1 Å². The summed E-state index contributed by atoms with van der Waals surface area (Å²) >= 11 is 8.31. The maximum atomic E-state index is 13.5. The number of aromatic nitrogens is 4. The Balaban J connectivity index is 0.939. The van der Waals surface area contributed by atoms with Crippen LogP contribution in [-0.4, -0.2) is 68.3 Å². The van der Waals surface area contributed by atoms with Gasteiger partial charge in [0.05, 0.1) is 22.6 Å². The van der Waals surface area contributed by atoms with Gasteiger partial charge < -0.3 is 19.9 Å². The smallest absolute Gasteiger partial charge is 0.142 e. The molecular formula is C36H39ClFN7OS. The summed E-state index contributed by atoms with van der Waals surface area (Å²) in [6, 6.07) is 12.7. The second-order valence-electron chi connectivity index (χ2n) is 12.9. The molecule has 2 aliphatic heterocycles. The van der Waals surface area contributed by atoms with Gasteiger partial charge in [-0.1, -0.05) is 30.2 Å². The number of fused-ring (bicyclic) bond motifs is 5. The van der Waals surface area contributed by atoms with Crippen molar-refractivity contribution in [2.45, 2.75) is 64.1 Å². The van der Waals surface area contributed by atoms with Crippen molar-refractivity contribution in [3.63, 3.8) is 0 Å². The van der Waals surface area contributed by atoms with Gasteiger partial charge in [0.25, 0.3) is 0 Å². The fraction of sp³-hybridized carbons (Fsp3) is 0.417. The van der Waals surface area contributed by atoms with Crippen molar-refractivity contribution >= 4 is 44.7 Å². The van der Waals surface area contributed by atoms with Gasteiger partial charge in [0, 0.05) is 34.9 Å². The summed E-state index contributed by atoms with van der Waals surface area (Å²) in [7, 11) is 0. The number of halogens is 2. The highest BCUT2D eigenvalue weighted by Crippen LogP contribution is 2.45. The van der Waals surface area contributed by atoms with Crippen LogP contribution in [-0.2, 0) is 26.0 Å². The number of ether oxygens (including phenoxy) is 1. The number of nitrogens with zero attached hydrogens (tertiary/aromatic N) is 6. The highest BCUT2D eigenvalue weighted by Gasteiger charge is 2.28.